The molecule has 2 fully saturated rings. The van der Waals surface area contributed by atoms with Crippen molar-refractivity contribution in [3.05, 3.63) is 64.9 Å². The number of hydrogen-bond donors (Lipinski definition) is 1. The van der Waals surface area contributed by atoms with Crippen LogP contribution in [0, 0.1) is 5.41 Å². The summed E-state index contributed by atoms with van der Waals surface area (Å²) in [7, 11) is 1.37. The van der Waals surface area contributed by atoms with E-state index in [0.29, 0.717) is 11.6 Å². The number of rotatable bonds is 7. The minimum Gasteiger partial charge on any atom is -0.453 e. The fourth-order valence-corrected chi connectivity index (χ4v) is 5.08. The van der Waals surface area contributed by atoms with E-state index in [-0.39, 0.29) is 42.2 Å². The van der Waals surface area contributed by atoms with E-state index in [0.717, 1.165) is 63.0 Å². The number of nitrogens with zero attached hydrogens (tertiary/aromatic N) is 3. The fourth-order valence-electron chi connectivity index (χ4n) is 4.95. The quantitative estimate of drug-likeness (QED) is 0.539. The monoisotopic (exact) mass is 542 g/mol. The average molecular weight is 544 g/mol. The van der Waals surface area contributed by atoms with Crippen molar-refractivity contribution in [2.24, 2.45) is 5.41 Å². The maximum atomic E-state index is 13.2. The van der Waals surface area contributed by atoms with E-state index in [1.54, 1.807) is 6.20 Å². The lowest BCUT2D eigenvalue weighted by Gasteiger charge is -2.38. The van der Waals surface area contributed by atoms with Crippen molar-refractivity contribution >= 4 is 48.4 Å². The molecule has 1 aromatic heterocycles. The summed E-state index contributed by atoms with van der Waals surface area (Å²) in [6.07, 6.45) is 6.59. The number of amides is 2. The van der Waals surface area contributed by atoms with Gasteiger partial charge in [-0.15, -0.1) is 24.8 Å². The lowest BCUT2D eigenvalue weighted by Crippen LogP contribution is -2.45. The summed E-state index contributed by atoms with van der Waals surface area (Å²) in [4.78, 5) is 33.7. The normalized spacial score (nSPS) is 17.9. The van der Waals surface area contributed by atoms with E-state index in [9.17, 15) is 9.59 Å². The Morgan fingerprint density at radius 2 is 1.83 bits per heavy atom. The molecule has 2 aliphatic rings. The van der Waals surface area contributed by atoms with Gasteiger partial charge in [-0.2, -0.15) is 0 Å². The number of likely N-dealkylation sites (tertiary alicyclic amines) is 2. The van der Waals surface area contributed by atoms with Gasteiger partial charge in [0.1, 0.15) is 0 Å². The minimum atomic E-state index is -0.446. The molecular formula is C25H33Cl3N4O3. The van der Waals surface area contributed by atoms with E-state index in [1.807, 2.05) is 47.5 Å². The number of carbonyl (C=O) groups excluding carboxylic acids is 2. The van der Waals surface area contributed by atoms with Gasteiger partial charge >= 0.3 is 6.09 Å². The van der Waals surface area contributed by atoms with Gasteiger partial charge in [0.15, 0.2) is 0 Å². The van der Waals surface area contributed by atoms with Crippen molar-refractivity contribution in [3.63, 3.8) is 0 Å². The summed E-state index contributed by atoms with van der Waals surface area (Å²) >= 11 is 6.02. The van der Waals surface area contributed by atoms with Gasteiger partial charge in [-0.05, 0) is 68.1 Å². The molecule has 192 valence electrons. The van der Waals surface area contributed by atoms with E-state index in [4.69, 9.17) is 16.3 Å². The molecule has 4 rings (SSSR count). The van der Waals surface area contributed by atoms with Crippen LogP contribution in [0.3, 0.4) is 0 Å². The van der Waals surface area contributed by atoms with Crippen molar-refractivity contribution < 1.29 is 14.3 Å². The zero-order valence-corrected chi connectivity index (χ0v) is 22.2. The summed E-state index contributed by atoms with van der Waals surface area (Å²) in [5.74, 6) is 0.289. The van der Waals surface area contributed by atoms with Gasteiger partial charge in [0.2, 0.25) is 5.91 Å². The van der Waals surface area contributed by atoms with Gasteiger partial charge in [0, 0.05) is 37.1 Å². The van der Waals surface area contributed by atoms with Crippen LogP contribution in [0.2, 0.25) is 5.02 Å². The van der Waals surface area contributed by atoms with E-state index in [2.05, 4.69) is 15.2 Å². The van der Waals surface area contributed by atoms with E-state index in [1.165, 1.54) is 7.11 Å². The number of pyridine rings is 1. The van der Waals surface area contributed by atoms with Crippen molar-refractivity contribution in [3.8, 4) is 0 Å². The number of carbonyl (C=O) groups is 2. The molecule has 0 aliphatic carbocycles. The zero-order valence-electron chi connectivity index (χ0n) is 19.8. The molecule has 0 saturated carbocycles. The number of alkyl carbamates (subject to hydrolysis) is 1. The Morgan fingerprint density at radius 1 is 1.14 bits per heavy atom. The van der Waals surface area contributed by atoms with Crippen molar-refractivity contribution in [2.45, 2.75) is 38.3 Å². The maximum Gasteiger partial charge on any atom is 0.407 e. The van der Waals surface area contributed by atoms with Gasteiger partial charge in [0.25, 0.3) is 0 Å². The number of methoxy groups -OCH3 is 1. The standard InChI is InChI=1S/C25H31ClN4O3.2ClH/c1-33-24(32)28-22(20-4-6-21(26)7-5-20)8-13-29-14-9-25(10-15-29)11-16-30(23(25)31)18-19-3-2-12-27-17-19;;/h2-7,12,17,22H,8-11,13-16,18H2,1H3,(H,28,32);2*1H. The number of halogens is 3. The molecule has 35 heavy (non-hydrogen) atoms. The summed E-state index contributed by atoms with van der Waals surface area (Å²) in [5.41, 5.74) is 1.85. The van der Waals surface area contributed by atoms with Crippen molar-refractivity contribution in [1.82, 2.24) is 20.1 Å². The lowest BCUT2D eigenvalue weighted by atomic mass is 9.77. The van der Waals surface area contributed by atoms with Gasteiger partial charge in [-0.25, -0.2) is 4.79 Å². The van der Waals surface area contributed by atoms with Crippen LogP contribution in [0.5, 0.6) is 0 Å². The largest absolute Gasteiger partial charge is 0.453 e. The Balaban J connectivity index is 0.00000216. The highest BCUT2D eigenvalue weighted by molar-refractivity contribution is 6.30. The van der Waals surface area contributed by atoms with Crippen molar-refractivity contribution in [2.75, 3.05) is 33.3 Å². The first kappa shape index (κ1) is 29.2. The predicted octanol–water partition coefficient (Wildman–Crippen LogP) is 4.88. The lowest BCUT2D eigenvalue weighted by molar-refractivity contribution is -0.138. The molecule has 2 saturated heterocycles. The van der Waals surface area contributed by atoms with Crippen molar-refractivity contribution in [1.29, 1.82) is 0 Å². The summed E-state index contributed by atoms with van der Waals surface area (Å²) in [6.45, 7) is 4.06. The Hall–Kier alpha value is -2.06. The molecule has 1 spiro atoms. The Morgan fingerprint density at radius 3 is 2.46 bits per heavy atom. The third-order valence-corrected chi connectivity index (χ3v) is 7.25. The third kappa shape index (κ3) is 7.23. The van der Waals surface area contributed by atoms with Crippen LogP contribution in [0.4, 0.5) is 4.79 Å². The third-order valence-electron chi connectivity index (χ3n) is 6.99. The molecule has 1 atom stereocenters. The predicted molar refractivity (Wildman–Crippen MR) is 141 cm³/mol. The molecule has 1 unspecified atom stereocenters. The highest BCUT2D eigenvalue weighted by atomic mass is 35.5. The molecule has 1 N–H and O–H groups in total. The topological polar surface area (TPSA) is 74.8 Å². The highest BCUT2D eigenvalue weighted by Crippen LogP contribution is 2.42. The van der Waals surface area contributed by atoms with E-state index < -0.39 is 6.09 Å². The molecule has 2 aliphatic heterocycles. The van der Waals surface area contributed by atoms with Crippen LogP contribution >= 0.6 is 36.4 Å². The summed E-state index contributed by atoms with van der Waals surface area (Å²) < 4.78 is 4.81. The fraction of sp³-hybridized carbons (Fsp3) is 0.480. The van der Waals surface area contributed by atoms with Gasteiger partial charge < -0.3 is 19.9 Å². The first-order chi connectivity index (χ1) is 16.0. The number of aromatic nitrogens is 1. The molecular weight excluding hydrogens is 511 g/mol. The summed E-state index contributed by atoms with van der Waals surface area (Å²) in [5, 5.41) is 3.59. The number of ether oxygens (including phenoxy) is 1. The number of hydrogen-bond acceptors (Lipinski definition) is 5. The summed E-state index contributed by atoms with van der Waals surface area (Å²) in [6, 6.07) is 11.3. The van der Waals surface area contributed by atoms with Crippen LogP contribution in [-0.4, -0.2) is 60.1 Å². The number of nitrogens with one attached hydrogen (secondary N) is 1. The van der Waals surface area contributed by atoms with Crippen LogP contribution in [0.25, 0.3) is 0 Å². The average Bonchev–Trinajstić information content (AvgIpc) is 3.13. The molecule has 0 bridgehead atoms. The number of piperidine rings is 1. The molecule has 3 heterocycles. The van der Waals surface area contributed by atoms with Crippen LogP contribution in [0.1, 0.15) is 42.9 Å². The molecule has 1 aromatic carbocycles. The molecule has 2 amide bonds. The van der Waals surface area contributed by atoms with Crippen LogP contribution < -0.4 is 5.32 Å². The Bertz CT molecular complexity index is 954. The molecule has 10 heteroatoms. The Kier molecular flexibility index (Phi) is 11.1. The second kappa shape index (κ2) is 13.3. The second-order valence-electron chi connectivity index (χ2n) is 8.99. The number of benzene rings is 1. The molecule has 0 radical (unpaired) electrons. The zero-order chi connectivity index (χ0) is 23.3. The highest BCUT2D eigenvalue weighted by Gasteiger charge is 2.47. The molecule has 7 nitrogen and oxygen atoms in total. The van der Waals surface area contributed by atoms with Crippen LogP contribution in [-0.2, 0) is 16.1 Å². The molecule has 2 aromatic rings. The second-order valence-corrected chi connectivity index (χ2v) is 9.43. The Labute approximate surface area is 224 Å². The van der Waals surface area contributed by atoms with Gasteiger partial charge in [-0.1, -0.05) is 29.8 Å². The van der Waals surface area contributed by atoms with E-state index >= 15 is 0 Å². The SMILES string of the molecule is COC(=O)NC(CCN1CCC2(CC1)CCN(Cc1cccnc1)C2=O)c1ccc(Cl)cc1.Cl.Cl. The van der Waals surface area contributed by atoms with Gasteiger partial charge in [0.05, 0.1) is 18.6 Å². The van der Waals surface area contributed by atoms with Crippen LogP contribution in [0.15, 0.2) is 48.8 Å². The maximum absolute atomic E-state index is 13.2. The first-order valence-electron chi connectivity index (χ1n) is 11.5. The minimum absolute atomic E-state index is 0. The van der Waals surface area contributed by atoms with Gasteiger partial charge in [-0.3, -0.25) is 9.78 Å². The smallest absolute Gasteiger partial charge is 0.407 e. The first-order valence-corrected chi connectivity index (χ1v) is 11.9.